The third-order valence-electron chi connectivity index (χ3n) is 10.9. The van der Waals surface area contributed by atoms with Crippen molar-refractivity contribution in [3.05, 3.63) is 166 Å². The Labute approximate surface area is 303 Å². The van der Waals surface area contributed by atoms with E-state index in [1.54, 1.807) is 22.3 Å². The fourth-order valence-corrected chi connectivity index (χ4v) is 28.8. The molecule has 7 rings (SSSR count). The fraction of sp³-hybridized carbons (Fsp3) is 0.227. The molecule has 246 valence electrons. The maximum absolute atomic E-state index is 3.81. The third-order valence-corrected chi connectivity index (χ3v) is 28.2. The number of fused-ring (bicyclic) bond motifs is 2. The summed E-state index contributed by atoms with van der Waals surface area (Å²) in [4.78, 5) is 0. The predicted molar refractivity (Wildman–Crippen MR) is 214 cm³/mol. The minimum Gasteiger partial charge on any atom is -0.147 e. The van der Waals surface area contributed by atoms with E-state index in [2.05, 4.69) is 170 Å². The molecule has 0 nitrogen and oxygen atoms in total. The second kappa shape index (κ2) is 14.2. The van der Waals surface area contributed by atoms with Crippen LogP contribution in [0.1, 0.15) is 60.9 Å². The molecule has 2 atom stereocenters. The van der Waals surface area contributed by atoms with E-state index in [1.165, 1.54) is 44.5 Å². The summed E-state index contributed by atoms with van der Waals surface area (Å²) in [6, 6.07) is 45.1. The molecule has 0 fully saturated rings. The first kappa shape index (κ1) is 36.5. The predicted octanol–water partition coefficient (Wildman–Crippen LogP) is 12.4. The molecule has 0 N–H and O–H groups in total. The van der Waals surface area contributed by atoms with E-state index in [0.717, 1.165) is 12.8 Å². The van der Waals surface area contributed by atoms with Gasteiger partial charge in [0.05, 0.1) is 0 Å². The molecule has 5 aromatic rings. The molecule has 0 spiro atoms. The number of aryl methyl sites for hydroxylation is 2. The van der Waals surface area contributed by atoms with Gasteiger partial charge in [0.1, 0.15) is 0 Å². The van der Waals surface area contributed by atoms with Crippen LogP contribution in [0.4, 0.5) is 0 Å². The molecule has 0 saturated carbocycles. The van der Waals surface area contributed by atoms with Gasteiger partial charge in [-0.1, -0.05) is 0 Å². The molecule has 5 aromatic carbocycles. The Morgan fingerprint density at radius 2 is 1.17 bits per heavy atom. The Bertz CT molecular complexity index is 2050. The zero-order valence-electron chi connectivity index (χ0n) is 28.9. The topological polar surface area (TPSA) is 0 Å². The van der Waals surface area contributed by atoms with Crippen molar-refractivity contribution in [2.75, 3.05) is 0 Å². The summed E-state index contributed by atoms with van der Waals surface area (Å²) >= 11 is -3.81. The molecular formula is C44H48Cl2SiZr. The van der Waals surface area contributed by atoms with E-state index >= 15 is 0 Å². The zero-order valence-corrected chi connectivity index (χ0v) is 34.4. The minimum absolute atomic E-state index is 0. The molecule has 0 radical (unpaired) electrons. The Kier molecular flexibility index (Phi) is 10.8. The Balaban J connectivity index is 0.00000225. The van der Waals surface area contributed by atoms with E-state index in [-0.39, 0.29) is 24.8 Å². The first-order valence-electron chi connectivity index (χ1n) is 17.0. The Hall–Kier alpha value is -2.74. The van der Waals surface area contributed by atoms with Gasteiger partial charge in [-0.15, -0.1) is 24.8 Å². The Morgan fingerprint density at radius 1 is 0.604 bits per heavy atom. The zero-order chi connectivity index (χ0) is 32.1. The molecule has 4 heteroatoms. The van der Waals surface area contributed by atoms with Crippen molar-refractivity contribution < 1.29 is 17.4 Å². The van der Waals surface area contributed by atoms with Crippen LogP contribution in [0.15, 0.2) is 132 Å². The van der Waals surface area contributed by atoms with Gasteiger partial charge in [-0.2, -0.15) is 0 Å². The van der Waals surface area contributed by atoms with Crippen LogP contribution in [0, 0.1) is 12.8 Å². The van der Waals surface area contributed by atoms with Gasteiger partial charge < -0.3 is 0 Å². The maximum Gasteiger partial charge on any atom is -0.147 e. The summed E-state index contributed by atoms with van der Waals surface area (Å²) in [5.74, 6) is 0.493. The third kappa shape index (κ3) is 6.47. The number of rotatable bonds is 8. The van der Waals surface area contributed by atoms with Gasteiger partial charge in [0, 0.05) is 0 Å². The standard InChI is InChI=1S/C24H21.C18H17.2CH3.2ClH.H2Si.Zr/c1-18-12-15-22(21-10-6-3-7-11-21)24-17-20(16-23(18)24)14-13-19-8-4-2-5-9-19;1-13(2)16-11-15-9-6-10-17(18(15)12-16)14-7-4-3-5-8-14;;;;;;/h2-12,15-17H,13-14H2,1H3;3-13H,1-2H3;2*1H3;2*1H;1H2;. The van der Waals surface area contributed by atoms with Crippen molar-refractivity contribution >= 4 is 43.8 Å². The van der Waals surface area contributed by atoms with Gasteiger partial charge in [0.15, 0.2) is 0 Å². The number of hydrogen-bond acceptors (Lipinski definition) is 0. The first-order chi connectivity index (χ1) is 22.1. The molecule has 0 aromatic heterocycles. The van der Waals surface area contributed by atoms with Gasteiger partial charge in [-0.3, -0.25) is 0 Å². The van der Waals surface area contributed by atoms with Gasteiger partial charge in [-0.05, 0) is 0 Å². The molecular weight excluding hydrogens is 719 g/mol. The van der Waals surface area contributed by atoms with Crippen molar-refractivity contribution in [2.24, 2.45) is 5.92 Å². The molecule has 0 heterocycles. The molecule has 2 unspecified atom stereocenters. The number of hydrogen-bond donors (Lipinski definition) is 0. The Morgan fingerprint density at radius 3 is 1.75 bits per heavy atom. The van der Waals surface area contributed by atoms with Gasteiger partial charge in [0.2, 0.25) is 0 Å². The smallest absolute Gasteiger partial charge is 0.147 e. The van der Waals surface area contributed by atoms with Crippen LogP contribution in [0.2, 0.25) is 9.26 Å². The van der Waals surface area contributed by atoms with Crippen LogP contribution in [-0.2, 0) is 23.8 Å². The molecule has 0 aliphatic heterocycles. The summed E-state index contributed by atoms with van der Waals surface area (Å²) < 4.78 is 6.58. The van der Waals surface area contributed by atoms with Crippen LogP contribution in [0.3, 0.4) is 0 Å². The average molecular weight is 767 g/mol. The minimum atomic E-state index is -3.81. The van der Waals surface area contributed by atoms with Crippen molar-refractivity contribution in [3.63, 3.8) is 0 Å². The molecule has 0 amide bonds. The average Bonchev–Trinajstić information content (AvgIpc) is 3.67. The van der Waals surface area contributed by atoms with Crippen LogP contribution in [0.5, 0.6) is 0 Å². The van der Waals surface area contributed by atoms with E-state index in [1.807, 2.05) is 0 Å². The van der Waals surface area contributed by atoms with Crippen molar-refractivity contribution in [3.8, 4) is 22.3 Å². The number of halogens is 2. The summed E-state index contributed by atoms with van der Waals surface area (Å²) in [5.41, 5.74) is 17.7. The van der Waals surface area contributed by atoms with E-state index in [9.17, 15) is 0 Å². The summed E-state index contributed by atoms with van der Waals surface area (Å²) in [6.45, 7) is 9.70. The van der Waals surface area contributed by atoms with E-state index in [0.29, 0.717) is 13.2 Å². The number of allylic oxidation sites excluding steroid dienone is 2. The monoisotopic (exact) mass is 764 g/mol. The first-order valence-corrected chi connectivity index (χ1v) is 30.7. The van der Waals surface area contributed by atoms with Gasteiger partial charge in [-0.25, -0.2) is 0 Å². The molecule has 2 aliphatic rings. The van der Waals surface area contributed by atoms with Crippen molar-refractivity contribution in [1.29, 1.82) is 0 Å². The summed E-state index contributed by atoms with van der Waals surface area (Å²) in [6.07, 6.45) is 7.43. The normalized spacial score (nSPS) is 16.7. The largest absolute Gasteiger partial charge is 0.147 e. The van der Waals surface area contributed by atoms with Crippen LogP contribution >= 0.6 is 24.8 Å². The number of benzene rings is 5. The quantitative estimate of drug-likeness (QED) is 0.138. The molecule has 0 bridgehead atoms. The van der Waals surface area contributed by atoms with Crippen molar-refractivity contribution in [2.45, 2.75) is 50.1 Å². The maximum atomic E-state index is 2.80. The van der Waals surface area contributed by atoms with Gasteiger partial charge >= 0.3 is 281 Å². The van der Waals surface area contributed by atoms with E-state index in [4.69, 9.17) is 0 Å². The van der Waals surface area contributed by atoms with Crippen LogP contribution in [0.25, 0.3) is 34.4 Å². The van der Waals surface area contributed by atoms with E-state index < -0.39 is 17.4 Å². The van der Waals surface area contributed by atoms with Crippen LogP contribution < -0.4 is 0 Å². The van der Waals surface area contributed by atoms with Gasteiger partial charge in [0.25, 0.3) is 0 Å². The fourth-order valence-electron chi connectivity index (χ4n) is 8.86. The molecule has 48 heavy (non-hydrogen) atoms. The summed E-state index contributed by atoms with van der Waals surface area (Å²) in [7, 11) is 0. The second-order valence-corrected chi connectivity index (χ2v) is 45.6. The molecule has 0 saturated heterocycles. The summed E-state index contributed by atoms with van der Waals surface area (Å²) in [5, 5.41) is 0. The second-order valence-electron chi connectivity index (χ2n) is 15.1. The van der Waals surface area contributed by atoms with Crippen molar-refractivity contribution in [1.82, 2.24) is 0 Å². The van der Waals surface area contributed by atoms with Crippen LogP contribution in [-0.4, -0.2) is 6.88 Å². The SMILES string of the molecule is Cc1ccc(-c2ccccc2)c2c1[CH]([Zr]([CH3])([CH3])(=[SiH2])[CH]1C(C(C)C)=Cc3c(-c4ccccc4)cccc31)C(CCc1ccccc1)=C2.Cl.Cl. The molecule has 2 aliphatic carbocycles.